The Hall–Kier alpha value is -3.45. The van der Waals surface area contributed by atoms with Crippen LogP contribution in [0, 0.1) is 0 Å². The van der Waals surface area contributed by atoms with Crippen LogP contribution in [0.15, 0.2) is 66.9 Å². The summed E-state index contributed by atoms with van der Waals surface area (Å²) in [5.41, 5.74) is 3.00. The van der Waals surface area contributed by atoms with Crippen molar-refractivity contribution in [3.63, 3.8) is 0 Å². The van der Waals surface area contributed by atoms with Gasteiger partial charge in [-0.15, -0.1) is 0 Å². The highest BCUT2D eigenvalue weighted by molar-refractivity contribution is 5.95. The smallest absolute Gasteiger partial charge is 0.253 e. The number of carbonyl (C=O) groups excluding carboxylic acids is 1. The zero-order valence-electron chi connectivity index (χ0n) is 18.1. The van der Waals surface area contributed by atoms with Crippen molar-refractivity contribution in [2.75, 3.05) is 62.3 Å². The number of piperazine rings is 1. The Morgan fingerprint density at radius 1 is 0.750 bits per heavy atom. The zero-order valence-corrected chi connectivity index (χ0v) is 18.1. The van der Waals surface area contributed by atoms with E-state index in [0.717, 1.165) is 54.6 Å². The van der Waals surface area contributed by atoms with Crippen LogP contribution in [0.3, 0.4) is 0 Å². The second kappa shape index (κ2) is 9.36. The van der Waals surface area contributed by atoms with Crippen LogP contribution in [0.1, 0.15) is 10.4 Å². The summed E-state index contributed by atoms with van der Waals surface area (Å²) in [6.45, 7) is 5.91. The number of hydrogen-bond acceptors (Lipinski definition) is 6. The van der Waals surface area contributed by atoms with E-state index in [-0.39, 0.29) is 5.91 Å². The highest BCUT2D eigenvalue weighted by Gasteiger charge is 2.24. The Balaban J connectivity index is 1.21. The SMILES string of the molecule is O=C(c1ccc(-c2ccccc2)cc1)N1CCN(c2ccnc(N3CCOCC3)n2)CC1. The summed E-state index contributed by atoms with van der Waals surface area (Å²) in [5, 5.41) is 0. The van der Waals surface area contributed by atoms with Crippen molar-refractivity contribution in [3.05, 3.63) is 72.4 Å². The summed E-state index contributed by atoms with van der Waals surface area (Å²) >= 11 is 0. The Bertz CT molecular complexity index is 1040. The Labute approximate surface area is 188 Å². The van der Waals surface area contributed by atoms with Crippen LogP contribution in [0.2, 0.25) is 0 Å². The largest absolute Gasteiger partial charge is 0.378 e. The standard InChI is InChI=1S/C25H27N5O2/c31-24(22-8-6-21(7-9-22)20-4-2-1-3-5-20)29-14-12-28(13-15-29)23-10-11-26-25(27-23)30-16-18-32-19-17-30/h1-11H,12-19H2. The molecular formula is C25H27N5O2. The highest BCUT2D eigenvalue weighted by Crippen LogP contribution is 2.21. The Morgan fingerprint density at radius 2 is 1.44 bits per heavy atom. The normalized spacial score (nSPS) is 16.8. The molecule has 2 aliphatic heterocycles. The molecule has 2 saturated heterocycles. The van der Waals surface area contributed by atoms with Crippen molar-refractivity contribution >= 4 is 17.7 Å². The van der Waals surface area contributed by atoms with Crippen LogP contribution < -0.4 is 9.80 Å². The van der Waals surface area contributed by atoms with Gasteiger partial charge >= 0.3 is 0 Å². The predicted octanol–water partition coefficient (Wildman–Crippen LogP) is 2.94. The summed E-state index contributed by atoms with van der Waals surface area (Å²) < 4.78 is 5.42. The topological polar surface area (TPSA) is 61.8 Å². The van der Waals surface area contributed by atoms with Gasteiger partial charge in [-0.2, -0.15) is 4.98 Å². The van der Waals surface area contributed by atoms with Gasteiger partial charge in [0.15, 0.2) is 0 Å². The minimum atomic E-state index is 0.0842. The van der Waals surface area contributed by atoms with Gasteiger partial charge in [0.05, 0.1) is 13.2 Å². The van der Waals surface area contributed by atoms with Gasteiger partial charge in [0.1, 0.15) is 5.82 Å². The number of anilines is 2. The summed E-state index contributed by atoms with van der Waals surface area (Å²) in [7, 11) is 0. The monoisotopic (exact) mass is 429 g/mol. The molecule has 0 N–H and O–H groups in total. The first-order valence-corrected chi connectivity index (χ1v) is 11.1. The second-order valence-electron chi connectivity index (χ2n) is 8.04. The predicted molar refractivity (Wildman–Crippen MR) is 125 cm³/mol. The molecule has 0 spiro atoms. The van der Waals surface area contributed by atoms with Crippen molar-refractivity contribution < 1.29 is 9.53 Å². The minimum absolute atomic E-state index is 0.0842. The quantitative estimate of drug-likeness (QED) is 0.636. The number of benzene rings is 2. The fourth-order valence-corrected chi connectivity index (χ4v) is 4.19. The van der Waals surface area contributed by atoms with E-state index in [2.05, 4.69) is 26.9 Å². The van der Waals surface area contributed by atoms with Gasteiger partial charge in [-0.25, -0.2) is 4.98 Å². The van der Waals surface area contributed by atoms with E-state index in [1.165, 1.54) is 0 Å². The van der Waals surface area contributed by atoms with E-state index in [1.54, 1.807) is 0 Å². The van der Waals surface area contributed by atoms with Gasteiger partial charge in [0.2, 0.25) is 5.95 Å². The van der Waals surface area contributed by atoms with Gasteiger partial charge < -0.3 is 19.4 Å². The molecule has 2 fully saturated rings. The molecule has 2 aliphatic rings. The number of aromatic nitrogens is 2. The highest BCUT2D eigenvalue weighted by atomic mass is 16.5. The third-order valence-electron chi connectivity index (χ3n) is 6.05. The first-order valence-electron chi connectivity index (χ1n) is 11.1. The first kappa shape index (κ1) is 20.5. The van der Waals surface area contributed by atoms with E-state index in [1.807, 2.05) is 59.6 Å². The van der Waals surface area contributed by atoms with Gasteiger partial charge in [-0.3, -0.25) is 4.79 Å². The molecular weight excluding hydrogens is 402 g/mol. The third-order valence-corrected chi connectivity index (χ3v) is 6.05. The molecule has 3 heterocycles. The molecule has 0 atom stereocenters. The van der Waals surface area contributed by atoms with Crippen LogP contribution in [-0.2, 0) is 4.74 Å². The number of carbonyl (C=O) groups is 1. The van der Waals surface area contributed by atoms with E-state index in [4.69, 9.17) is 9.72 Å². The summed E-state index contributed by atoms with van der Waals surface area (Å²) in [6, 6.07) is 20.0. The molecule has 2 aromatic carbocycles. The van der Waals surface area contributed by atoms with Gasteiger partial charge in [0, 0.05) is 51.0 Å². The van der Waals surface area contributed by atoms with Gasteiger partial charge in [-0.05, 0) is 29.3 Å². The Kier molecular flexibility index (Phi) is 5.98. The maximum atomic E-state index is 13.0. The summed E-state index contributed by atoms with van der Waals surface area (Å²) in [4.78, 5) is 28.5. The Morgan fingerprint density at radius 3 is 2.16 bits per heavy atom. The average Bonchev–Trinajstić information content (AvgIpc) is 2.89. The van der Waals surface area contributed by atoms with Crippen LogP contribution in [0.25, 0.3) is 11.1 Å². The van der Waals surface area contributed by atoms with Crippen LogP contribution in [0.5, 0.6) is 0 Å². The number of rotatable bonds is 4. The van der Waals surface area contributed by atoms with E-state index >= 15 is 0 Å². The molecule has 0 radical (unpaired) electrons. The van der Waals surface area contributed by atoms with Crippen molar-refractivity contribution in [3.8, 4) is 11.1 Å². The molecule has 7 nitrogen and oxygen atoms in total. The lowest BCUT2D eigenvalue weighted by Gasteiger charge is -2.36. The van der Waals surface area contributed by atoms with E-state index in [9.17, 15) is 4.79 Å². The van der Waals surface area contributed by atoms with Crippen LogP contribution >= 0.6 is 0 Å². The maximum Gasteiger partial charge on any atom is 0.253 e. The number of nitrogens with zero attached hydrogens (tertiary/aromatic N) is 5. The zero-order chi connectivity index (χ0) is 21.8. The average molecular weight is 430 g/mol. The number of hydrogen-bond donors (Lipinski definition) is 0. The maximum absolute atomic E-state index is 13.0. The first-order chi connectivity index (χ1) is 15.8. The number of amides is 1. The second-order valence-corrected chi connectivity index (χ2v) is 8.04. The molecule has 0 aliphatic carbocycles. The van der Waals surface area contributed by atoms with E-state index < -0.39 is 0 Å². The fourth-order valence-electron chi connectivity index (χ4n) is 4.19. The van der Waals surface area contributed by atoms with Crippen molar-refractivity contribution in [2.24, 2.45) is 0 Å². The van der Waals surface area contributed by atoms with Crippen LogP contribution in [0.4, 0.5) is 11.8 Å². The molecule has 5 rings (SSSR count). The lowest BCUT2D eigenvalue weighted by Crippen LogP contribution is -2.49. The van der Waals surface area contributed by atoms with Crippen molar-refractivity contribution in [2.45, 2.75) is 0 Å². The molecule has 0 unspecified atom stereocenters. The van der Waals surface area contributed by atoms with Crippen molar-refractivity contribution in [1.29, 1.82) is 0 Å². The summed E-state index contributed by atoms with van der Waals surface area (Å²) in [6.07, 6.45) is 1.82. The number of morpholine rings is 1. The lowest BCUT2D eigenvalue weighted by atomic mass is 10.0. The molecule has 1 aromatic heterocycles. The fraction of sp³-hybridized carbons (Fsp3) is 0.320. The molecule has 3 aromatic rings. The molecule has 164 valence electrons. The number of ether oxygens (including phenoxy) is 1. The summed E-state index contributed by atoms with van der Waals surface area (Å²) in [5.74, 6) is 1.75. The molecule has 7 heteroatoms. The molecule has 0 saturated carbocycles. The molecule has 1 amide bonds. The third kappa shape index (κ3) is 4.43. The van der Waals surface area contributed by atoms with Crippen LogP contribution in [-0.4, -0.2) is 73.3 Å². The lowest BCUT2D eigenvalue weighted by molar-refractivity contribution is 0.0746. The van der Waals surface area contributed by atoms with Gasteiger partial charge in [-0.1, -0.05) is 42.5 Å². The molecule has 0 bridgehead atoms. The van der Waals surface area contributed by atoms with Crippen molar-refractivity contribution in [1.82, 2.24) is 14.9 Å². The molecule has 32 heavy (non-hydrogen) atoms. The minimum Gasteiger partial charge on any atom is -0.378 e. The van der Waals surface area contributed by atoms with Gasteiger partial charge in [0.25, 0.3) is 5.91 Å². The van der Waals surface area contributed by atoms with E-state index in [0.29, 0.717) is 26.3 Å².